The molecule has 2 aromatic rings. The molecule has 0 saturated heterocycles. The minimum absolute atomic E-state index is 0.276. The van der Waals surface area contributed by atoms with Crippen LogP contribution in [0, 0.1) is 0 Å². The minimum Gasteiger partial charge on any atom is -0.493 e. The Kier molecular flexibility index (Phi) is 5.56. The molecule has 0 saturated carbocycles. The van der Waals surface area contributed by atoms with Gasteiger partial charge in [0.2, 0.25) is 5.75 Å². The van der Waals surface area contributed by atoms with Crippen molar-refractivity contribution in [3.63, 3.8) is 0 Å². The van der Waals surface area contributed by atoms with E-state index in [1.165, 1.54) is 0 Å². The first kappa shape index (κ1) is 19.4. The molecular weight excluding hydrogens is 366 g/mol. The van der Waals surface area contributed by atoms with Crippen molar-refractivity contribution in [1.82, 2.24) is 0 Å². The van der Waals surface area contributed by atoms with E-state index in [2.05, 4.69) is 0 Å². The van der Waals surface area contributed by atoms with Gasteiger partial charge in [-0.2, -0.15) is 0 Å². The van der Waals surface area contributed by atoms with Crippen LogP contribution in [-0.4, -0.2) is 26.9 Å². The Bertz CT molecular complexity index is 851. The first-order chi connectivity index (χ1) is 12.9. The van der Waals surface area contributed by atoms with Gasteiger partial charge in [-0.15, -0.1) is 11.8 Å². The molecule has 1 aliphatic rings. The summed E-state index contributed by atoms with van der Waals surface area (Å²) < 4.78 is 36.0. The Morgan fingerprint density at radius 1 is 1.00 bits per heavy atom. The molecule has 0 aliphatic carbocycles. The summed E-state index contributed by atoms with van der Waals surface area (Å²) in [5, 5.41) is 0. The van der Waals surface area contributed by atoms with Crippen LogP contribution in [0.1, 0.15) is 25.0 Å². The number of halogens is 1. The molecule has 0 amide bonds. The second-order valence-electron chi connectivity index (χ2n) is 6.63. The molecular formula is C21H23FO4S. The number of methoxy groups -OCH3 is 3. The number of benzene rings is 2. The number of rotatable bonds is 6. The van der Waals surface area contributed by atoms with Gasteiger partial charge < -0.3 is 18.9 Å². The molecule has 144 valence electrons. The molecule has 0 N–H and O–H groups in total. The molecule has 0 aromatic heterocycles. The lowest BCUT2D eigenvalue weighted by Gasteiger charge is -2.29. The topological polar surface area (TPSA) is 36.9 Å². The minimum atomic E-state index is -0.919. The van der Waals surface area contributed by atoms with Gasteiger partial charge in [0.1, 0.15) is 11.6 Å². The fourth-order valence-electron chi connectivity index (χ4n) is 2.84. The van der Waals surface area contributed by atoms with Crippen LogP contribution in [0.25, 0.3) is 6.08 Å². The van der Waals surface area contributed by atoms with Gasteiger partial charge in [-0.1, -0.05) is 0 Å². The molecule has 0 radical (unpaired) electrons. The summed E-state index contributed by atoms with van der Waals surface area (Å²) in [6.07, 6.45) is 1.54. The third kappa shape index (κ3) is 4.00. The van der Waals surface area contributed by atoms with Gasteiger partial charge in [0, 0.05) is 16.2 Å². The summed E-state index contributed by atoms with van der Waals surface area (Å²) in [6.45, 7) is 3.43. The van der Waals surface area contributed by atoms with E-state index in [0.717, 1.165) is 16.0 Å². The van der Waals surface area contributed by atoms with Crippen molar-refractivity contribution < 1.29 is 23.3 Å². The van der Waals surface area contributed by atoms with Crippen molar-refractivity contribution in [2.24, 2.45) is 0 Å². The number of hydrogen-bond acceptors (Lipinski definition) is 5. The van der Waals surface area contributed by atoms with E-state index in [0.29, 0.717) is 28.8 Å². The Morgan fingerprint density at radius 3 is 2.26 bits per heavy atom. The SMILES string of the molecule is COc1cc(CSc2ccc3c(c2)C=C([18F])C(C)(C)O3)cc(OC)c1OC. The van der Waals surface area contributed by atoms with E-state index in [-0.39, 0.29) is 5.83 Å². The summed E-state index contributed by atoms with van der Waals surface area (Å²) in [4.78, 5) is 1.02. The molecule has 0 unspecified atom stereocenters. The fourth-order valence-corrected chi connectivity index (χ4v) is 3.72. The lowest BCUT2D eigenvalue weighted by molar-refractivity contribution is 0.118. The largest absolute Gasteiger partial charge is 0.493 e. The quantitative estimate of drug-likeness (QED) is 0.611. The van der Waals surface area contributed by atoms with Gasteiger partial charge in [0.15, 0.2) is 17.1 Å². The molecule has 27 heavy (non-hydrogen) atoms. The van der Waals surface area contributed by atoms with Gasteiger partial charge in [0.25, 0.3) is 0 Å². The van der Waals surface area contributed by atoms with Gasteiger partial charge in [-0.05, 0) is 55.8 Å². The predicted octanol–water partition coefficient (Wildman–Crippen LogP) is 5.49. The average molecular weight is 389 g/mol. The standard InChI is InChI=1S/C21H23FO4S/c1-21(2)19(22)11-14-10-15(6-7-16(14)26-21)27-12-13-8-17(23-3)20(25-5)18(9-13)24-4/h6-11H,12H2,1-5H3/i22-1. The maximum Gasteiger partial charge on any atom is 0.203 e. The smallest absolute Gasteiger partial charge is 0.203 e. The molecule has 4 nitrogen and oxygen atoms in total. The normalized spacial score (nSPS) is 14.7. The van der Waals surface area contributed by atoms with Crippen LogP contribution in [-0.2, 0) is 5.75 Å². The van der Waals surface area contributed by atoms with Gasteiger partial charge >= 0.3 is 0 Å². The molecule has 3 rings (SSSR count). The Morgan fingerprint density at radius 2 is 1.67 bits per heavy atom. The van der Waals surface area contributed by atoms with E-state index >= 15 is 0 Å². The van der Waals surface area contributed by atoms with Gasteiger partial charge in [0.05, 0.1) is 21.3 Å². The molecule has 6 heteroatoms. The summed E-state index contributed by atoms with van der Waals surface area (Å²) >= 11 is 1.64. The van der Waals surface area contributed by atoms with Crippen molar-refractivity contribution in [3.8, 4) is 23.0 Å². The predicted molar refractivity (Wildman–Crippen MR) is 106 cm³/mol. The highest BCUT2D eigenvalue weighted by Gasteiger charge is 2.30. The van der Waals surface area contributed by atoms with Gasteiger partial charge in [-0.3, -0.25) is 0 Å². The first-order valence-electron chi connectivity index (χ1n) is 8.50. The number of ether oxygens (including phenoxy) is 4. The van der Waals surface area contributed by atoms with Gasteiger partial charge in [-0.25, -0.2) is 4.39 Å². The summed E-state index contributed by atoms with van der Waals surface area (Å²) in [6, 6.07) is 9.66. The van der Waals surface area contributed by atoms with Crippen LogP contribution in [0.4, 0.5) is 4.39 Å². The van der Waals surface area contributed by atoms with Crippen LogP contribution in [0.3, 0.4) is 0 Å². The molecule has 1 aliphatic heterocycles. The maximum atomic E-state index is 14.2. The molecule has 1 heterocycles. The van der Waals surface area contributed by atoms with Crippen LogP contribution >= 0.6 is 11.8 Å². The molecule has 2 aromatic carbocycles. The highest BCUT2D eigenvalue weighted by Crippen LogP contribution is 2.41. The third-order valence-electron chi connectivity index (χ3n) is 4.33. The zero-order valence-corrected chi connectivity index (χ0v) is 16.9. The number of thioether (sulfide) groups is 1. The zero-order chi connectivity index (χ0) is 19.6. The van der Waals surface area contributed by atoms with E-state index < -0.39 is 5.60 Å². The molecule has 0 fully saturated rings. The Balaban J connectivity index is 1.80. The zero-order valence-electron chi connectivity index (χ0n) is 16.1. The van der Waals surface area contributed by atoms with Crippen LogP contribution in [0.5, 0.6) is 23.0 Å². The molecule has 0 atom stereocenters. The van der Waals surface area contributed by atoms with E-state index in [9.17, 15) is 4.39 Å². The highest BCUT2D eigenvalue weighted by atomic mass is 32.2. The number of hydrogen-bond donors (Lipinski definition) is 0. The second-order valence-corrected chi connectivity index (χ2v) is 7.68. The van der Waals surface area contributed by atoms with Crippen LogP contribution in [0.2, 0.25) is 0 Å². The molecule has 0 bridgehead atoms. The Labute approximate surface area is 163 Å². The van der Waals surface area contributed by atoms with Crippen LogP contribution < -0.4 is 18.9 Å². The van der Waals surface area contributed by atoms with E-state index in [4.69, 9.17) is 18.9 Å². The number of fused-ring (bicyclic) bond motifs is 1. The summed E-state index contributed by atoms with van der Waals surface area (Å²) in [5.41, 5.74) is 0.866. The summed E-state index contributed by atoms with van der Waals surface area (Å²) in [7, 11) is 4.78. The monoisotopic (exact) mass is 389 g/mol. The second kappa shape index (κ2) is 7.72. The lowest BCUT2D eigenvalue weighted by Crippen LogP contribution is -2.31. The molecule has 0 spiro atoms. The Hall–Kier alpha value is -2.34. The highest BCUT2D eigenvalue weighted by molar-refractivity contribution is 7.98. The van der Waals surface area contributed by atoms with Crippen molar-refractivity contribution in [1.29, 1.82) is 0 Å². The third-order valence-corrected chi connectivity index (χ3v) is 5.40. The van der Waals surface area contributed by atoms with E-state index in [1.54, 1.807) is 53.0 Å². The fraction of sp³-hybridized carbons (Fsp3) is 0.333. The van der Waals surface area contributed by atoms with Crippen molar-refractivity contribution in [3.05, 3.63) is 47.3 Å². The van der Waals surface area contributed by atoms with Crippen molar-refractivity contribution >= 4 is 17.8 Å². The van der Waals surface area contributed by atoms with E-state index in [1.807, 2.05) is 30.3 Å². The summed E-state index contributed by atoms with van der Waals surface area (Å²) in [5.74, 6) is 2.94. The average Bonchev–Trinajstić information content (AvgIpc) is 2.66. The van der Waals surface area contributed by atoms with Crippen LogP contribution in [0.15, 0.2) is 41.1 Å². The lowest BCUT2D eigenvalue weighted by atomic mass is 10.0. The maximum absolute atomic E-state index is 14.2. The van der Waals surface area contributed by atoms with Crippen molar-refractivity contribution in [2.45, 2.75) is 30.1 Å². The first-order valence-corrected chi connectivity index (χ1v) is 9.49. The van der Waals surface area contributed by atoms with Crippen molar-refractivity contribution in [2.75, 3.05) is 21.3 Å².